The molecule has 24 heavy (non-hydrogen) atoms. The quantitative estimate of drug-likeness (QED) is 0.847. The maximum absolute atomic E-state index is 13.0. The summed E-state index contributed by atoms with van der Waals surface area (Å²) in [6.07, 6.45) is 1.53. The van der Waals surface area contributed by atoms with E-state index in [0.29, 0.717) is 19.6 Å². The van der Waals surface area contributed by atoms with Gasteiger partial charge in [-0.1, -0.05) is 26.0 Å². The molecule has 132 valence electrons. The third-order valence-corrected chi connectivity index (χ3v) is 4.89. The molecule has 0 aliphatic carbocycles. The number of amides is 2. The Labute approximate surface area is 145 Å². The molecule has 1 aromatic carbocycles. The lowest BCUT2D eigenvalue weighted by molar-refractivity contribution is -0.137. The van der Waals surface area contributed by atoms with Crippen molar-refractivity contribution in [1.82, 2.24) is 4.90 Å². The Bertz CT molecular complexity index is 602. The van der Waals surface area contributed by atoms with E-state index in [0.717, 1.165) is 24.1 Å². The minimum absolute atomic E-state index is 0.0149. The summed E-state index contributed by atoms with van der Waals surface area (Å²) in [5.41, 5.74) is 3.31. The maximum Gasteiger partial charge on any atom is 0.230 e. The molecule has 0 radical (unpaired) electrons. The summed E-state index contributed by atoms with van der Waals surface area (Å²) in [6, 6.07) is 6.24. The zero-order valence-corrected chi connectivity index (χ0v) is 15.6. The molecule has 4 nitrogen and oxygen atoms in total. The van der Waals surface area contributed by atoms with E-state index in [1.807, 2.05) is 30.6 Å². The van der Waals surface area contributed by atoms with Gasteiger partial charge in [-0.2, -0.15) is 0 Å². The van der Waals surface area contributed by atoms with Crippen molar-refractivity contribution in [3.8, 4) is 0 Å². The van der Waals surface area contributed by atoms with Crippen LogP contribution in [0, 0.1) is 25.7 Å². The highest BCUT2D eigenvalue weighted by molar-refractivity contribution is 5.96. The normalized spacial score (nSPS) is 15.7. The van der Waals surface area contributed by atoms with Gasteiger partial charge in [-0.25, -0.2) is 0 Å². The first-order chi connectivity index (χ1) is 11.3. The smallest absolute Gasteiger partial charge is 0.230 e. The number of hydrogen-bond donors (Lipinski definition) is 0. The molecule has 0 spiro atoms. The summed E-state index contributed by atoms with van der Waals surface area (Å²) in [5, 5.41) is 0. The van der Waals surface area contributed by atoms with E-state index in [-0.39, 0.29) is 23.7 Å². The Morgan fingerprint density at radius 1 is 1.21 bits per heavy atom. The van der Waals surface area contributed by atoms with E-state index in [9.17, 15) is 9.59 Å². The number of benzene rings is 1. The third kappa shape index (κ3) is 3.97. The third-order valence-electron chi connectivity index (χ3n) is 4.89. The Kier molecular flexibility index (Phi) is 6.03. The van der Waals surface area contributed by atoms with E-state index in [4.69, 9.17) is 0 Å². The Hall–Kier alpha value is -1.84. The van der Waals surface area contributed by atoms with E-state index in [2.05, 4.69) is 32.0 Å². The number of aryl methyl sites for hydroxylation is 2. The molecule has 0 bridgehead atoms. The summed E-state index contributed by atoms with van der Waals surface area (Å²) < 4.78 is 0. The van der Waals surface area contributed by atoms with Crippen LogP contribution in [0.1, 0.15) is 44.7 Å². The molecule has 0 N–H and O–H groups in total. The fourth-order valence-corrected chi connectivity index (χ4v) is 3.39. The van der Waals surface area contributed by atoms with Gasteiger partial charge >= 0.3 is 0 Å². The number of likely N-dealkylation sites (tertiary alicyclic amines) is 1. The van der Waals surface area contributed by atoms with Crippen LogP contribution in [0.2, 0.25) is 0 Å². The van der Waals surface area contributed by atoms with Crippen LogP contribution in [0.4, 0.5) is 5.69 Å². The van der Waals surface area contributed by atoms with Crippen molar-refractivity contribution in [3.05, 3.63) is 29.3 Å². The van der Waals surface area contributed by atoms with Crippen LogP contribution in [-0.4, -0.2) is 36.3 Å². The number of carbonyl (C=O) groups is 2. The fraction of sp³-hybridized carbons (Fsp3) is 0.600. The summed E-state index contributed by atoms with van der Waals surface area (Å²) >= 11 is 0. The topological polar surface area (TPSA) is 40.6 Å². The highest BCUT2D eigenvalue weighted by Gasteiger charge is 2.31. The maximum atomic E-state index is 13.0. The Morgan fingerprint density at radius 2 is 1.83 bits per heavy atom. The largest absolute Gasteiger partial charge is 0.342 e. The second-order valence-electron chi connectivity index (χ2n) is 7.13. The molecular formula is C20H30N2O2. The summed E-state index contributed by atoms with van der Waals surface area (Å²) in [7, 11) is 0. The van der Waals surface area contributed by atoms with E-state index in [1.165, 1.54) is 5.56 Å². The zero-order chi connectivity index (χ0) is 17.9. The van der Waals surface area contributed by atoms with Gasteiger partial charge in [0.15, 0.2) is 0 Å². The lowest BCUT2D eigenvalue weighted by Crippen LogP contribution is -2.45. The van der Waals surface area contributed by atoms with Gasteiger partial charge in [0, 0.05) is 37.2 Å². The average Bonchev–Trinajstić information content (AvgIpc) is 2.57. The Balaban J connectivity index is 2.08. The average molecular weight is 330 g/mol. The first-order valence-corrected chi connectivity index (χ1v) is 9.02. The van der Waals surface area contributed by atoms with Crippen molar-refractivity contribution in [2.24, 2.45) is 11.8 Å². The summed E-state index contributed by atoms with van der Waals surface area (Å²) in [4.78, 5) is 28.9. The van der Waals surface area contributed by atoms with Crippen LogP contribution in [0.15, 0.2) is 18.2 Å². The number of rotatable bonds is 4. The number of hydrogen-bond acceptors (Lipinski definition) is 2. The fourth-order valence-electron chi connectivity index (χ4n) is 3.39. The molecule has 1 saturated heterocycles. The van der Waals surface area contributed by atoms with E-state index in [1.54, 1.807) is 0 Å². The monoisotopic (exact) mass is 330 g/mol. The van der Waals surface area contributed by atoms with Gasteiger partial charge < -0.3 is 9.80 Å². The number of anilines is 1. The molecule has 1 aromatic rings. The Morgan fingerprint density at radius 3 is 2.38 bits per heavy atom. The van der Waals surface area contributed by atoms with Crippen molar-refractivity contribution in [1.29, 1.82) is 0 Å². The van der Waals surface area contributed by atoms with Crippen LogP contribution in [0.5, 0.6) is 0 Å². The molecule has 2 rings (SSSR count). The van der Waals surface area contributed by atoms with E-state index >= 15 is 0 Å². The summed E-state index contributed by atoms with van der Waals surface area (Å²) in [5.74, 6) is 0.436. The minimum Gasteiger partial charge on any atom is -0.342 e. The first-order valence-electron chi connectivity index (χ1n) is 9.02. The van der Waals surface area contributed by atoms with Gasteiger partial charge in [0.05, 0.1) is 0 Å². The molecule has 1 aliphatic rings. The molecule has 0 aromatic heterocycles. The number of nitrogens with zero attached hydrogens (tertiary/aromatic N) is 2. The van der Waals surface area contributed by atoms with Crippen LogP contribution in [-0.2, 0) is 9.59 Å². The highest BCUT2D eigenvalue weighted by atomic mass is 16.2. The highest BCUT2D eigenvalue weighted by Crippen LogP contribution is 2.27. The van der Waals surface area contributed by atoms with Gasteiger partial charge in [-0.3, -0.25) is 9.59 Å². The van der Waals surface area contributed by atoms with Gasteiger partial charge in [-0.15, -0.1) is 0 Å². The van der Waals surface area contributed by atoms with E-state index < -0.39 is 0 Å². The van der Waals surface area contributed by atoms with Crippen molar-refractivity contribution in [2.45, 2.75) is 47.5 Å². The van der Waals surface area contributed by atoms with Crippen molar-refractivity contribution >= 4 is 17.5 Å². The van der Waals surface area contributed by atoms with Crippen LogP contribution in [0.3, 0.4) is 0 Å². The van der Waals surface area contributed by atoms with Crippen LogP contribution >= 0.6 is 0 Å². The molecule has 1 heterocycles. The number of piperidine rings is 1. The van der Waals surface area contributed by atoms with Crippen LogP contribution in [0.25, 0.3) is 0 Å². The zero-order valence-electron chi connectivity index (χ0n) is 15.6. The minimum atomic E-state index is 0.0149. The molecule has 0 saturated carbocycles. The van der Waals surface area contributed by atoms with Crippen LogP contribution < -0.4 is 4.90 Å². The molecular weight excluding hydrogens is 300 g/mol. The molecule has 2 amide bonds. The van der Waals surface area contributed by atoms with Gasteiger partial charge in [-0.05, 0) is 50.8 Å². The molecule has 0 atom stereocenters. The predicted molar refractivity (Wildman–Crippen MR) is 98.1 cm³/mol. The lowest BCUT2D eigenvalue weighted by atomic mass is 9.94. The second kappa shape index (κ2) is 7.82. The van der Waals surface area contributed by atoms with Gasteiger partial charge in [0.2, 0.25) is 11.8 Å². The SMILES string of the molecule is CCN(C(=O)C1CCN(C(=O)C(C)C)CC1)c1cc(C)ccc1C. The summed E-state index contributed by atoms with van der Waals surface area (Å²) in [6.45, 7) is 12.0. The van der Waals surface area contributed by atoms with Crippen molar-refractivity contribution in [2.75, 3.05) is 24.5 Å². The van der Waals surface area contributed by atoms with Gasteiger partial charge in [0.1, 0.15) is 0 Å². The predicted octanol–water partition coefficient (Wildman–Crippen LogP) is 3.55. The van der Waals surface area contributed by atoms with Crippen molar-refractivity contribution < 1.29 is 9.59 Å². The molecule has 0 unspecified atom stereocenters. The second-order valence-corrected chi connectivity index (χ2v) is 7.13. The standard InChI is InChI=1S/C20H30N2O2/c1-6-22(18-13-15(4)7-8-16(18)5)20(24)17-9-11-21(12-10-17)19(23)14(2)3/h7-8,13-14,17H,6,9-12H2,1-5H3. The van der Waals surface area contributed by atoms with Crippen molar-refractivity contribution in [3.63, 3.8) is 0 Å². The molecule has 4 heteroatoms. The van der Waals surface area contributed by atoms with Gasteiger partial charge in [0.25, 0.3) is 0 Å². The number of carbonyl (C=O) groups excluding carboxylic acids is 2. The molecule has 1 fully saturated rings. The first kappa shape index (κ1) is 18.5. The lowest BCUT2D eigenvalue weighted by Gasteiger charge is -2.35. The molecule has 1 aliphatic heterocycles.